The molecule has 72 valence electrons. The van der Waals surface area contributed by atoms with Gasteiger partial charge in [0.15, 0.2) is 0 Å². The van der Waals surface area contributed by atoms with Crippen molar-refractivity contribution in [3.63, 3.8) is 0 Å². The van der Waals surface area contributed by atoms with Gasteiger partial charge < -0.3 is 0 Å². The monoisotopic (exact) mass is 168 g/mol. The van der Waals surface area contributed by atoms with E-state index in [0.717, 1.165) is 5.92 Å². The minimum Gasteiger partial charge on any atom is -0.0654 e. The summed E-state index contributed by atoms with van der Waals surface area (Å²) in [6, 6.07) is 0. The lowest BCUT2D eigenvalue weighted by Crippen LogP contribution is -1.90. The first-order chi connectivity index (χ1) is 5.67. The molecule has 1 saturated carbocycles. The Balaban J connectivity index is 1.85. The minimum atomic E-state index is 0.713. The molecule has 0 radical (unpaired) electrons. The molecule has 0 spiro atoms. The van der Waals surface area contributed by atoms with E-state index in [4.69, 9.17) is 0 Å². The van der Waals surface area contributed by atoms with Gasteiger partial charge in [-0.1, -0.05) is 52.9 Å². The second-order valence-corrected chi connectivity index (χ2v) is 5.09. The van der Waals surface area contributed by atoms with E-state index >= 15 is 0 Å². The van der Waals surface area contributed by atoms with Crippen LogP contribution in [0.25, 0.3) is 0 Å². The van der Waals surface area contributed by atoms with Crippen molar-refractivity contribution in [3.05, 3.63) is 0 Å². The number of hydrogen-bond donors (Lipinski definition) is 0. The second-order valence-electron chi connectivity index (χ2n) is 5.09. The van der Waals surface area contributed by atoms with Crippen LogP contribution in [0.1, 0.15) is 65.7 Å². The Bertz CT molecular complexity index is 124. The summed E-state index contributed by atoms with van der Waals surface area (Å²) >= 11 is 0. The van der Waals surface area contributed by atoms with E-state index in [1.807, 2.05) is 0 Å². The fourth-order valence-corrected chi connectivity index (χ4v) is 2.06. The summed E-state index contributed by atoms with van der Waals surface area (Å²) < 4.78 is 0. The van der Waals surface area contributed by atoms with E-state index in [-0.39, 0.29) is 0 Å². The molecule has 0 bridgehead atoms. The molecule has 1 unspecified atom stereocenters. The topological polar surface area (TPSA) is 0 Å². The van der Waals surface area contributed by atoms with Crippen molar-refractivity contribution in [1.82, 2.24) is 0 Å². The van der Waals surface area contributed by atoms with E-state index in [2.05, 4.69) is 20.8 Å². The molecule has 0 nitrogen and oxygen atoms in total. The molecule has 12 heavy (non-hydrogen) atoms. The highest BCUT2D eigenvalue weighted by Crippen LogP contribution is 2.54. The Morgan fingerprint density at radius 1 is 1.08 bits per heavy atom. The van der Waals surface area contributed by atoms with Crippen LogP contribution in [0.5, 0.6) is 0 Å². The normalized spacial score (nSPS) is 25.8. The molecule has 1 rings (SSSR count). The minimum absolute atomic E-state index is 0.713. The molecule has 0 aromatic rings. The van der Waals surface area contributed by atoms with Crippen molar-refractivity contribution in [1.29, 1.82) is 0 Å². The number of hydrogen-bond acceptors (Lipinski definition) is 0. The van der Waals surface area contributed by atoms with Gasteiger partial charge in [-0.05, 0) is 24.2 Å². The van der Waals surface area contributed by atoms with E-state index in [0.29, 0.717) is 5.41 Å². The van der Waals surface area contributed by atoms with Gasteiger partial charge in [0, 0.05) is 0 Å². The van der Waals surface area contributed by atoms with Crippen LogP contribution in [0, 0.1) is 11.3 Å². The van der Waals surface area contributed by atoms with Gasteiger partial charge >= 0.3 is 0 Å². The summed E-state index contributed by atoms with van der Waals surface area (Å²) in [7, 11) is 0. The average Bonchev–Trinajstić information content (AvgIpc) is 2.59. The molecule has 1 aliphatic carbocycles. The molecule has 0 heteroatoms. The van der Waals surface area contributed by atoms with Crippen molar-refractivity contribution in [2.75, 3.05) is 0 Å². The molecule has 1 fully saturated rings. The molecule has 0 N–H and O–H groups in total. The van der Waals surface area contributed by atoms with Crippen molar-refractivity contribution in [3.8, 4) is 0 Å². The van der Waals surface area contributed by atoms with Crippen molar-refractivity contribution < 1.29 is 0 Å². The predicted octanol–water partition coefficient (Wildman–Crippen LogP) is 4.39. The van der Waals surface area contributed by atoms with E-state index < -0.39 is 0 Å². The molecule has 0 heterocycles. The third-order valence-electron chi connectivity index (χ3n) is 3.37. The molecule has 1 aliphatic rings. The van der Waals surface area contributed by atoms with E-state index in [1.54, 1.807) is 0 Å². The second kappa shape index (κ2) is 4.30. The van der Waals surface area contributed by atoms with Gasteiger partial charge in [-0.3, -0.25) is 0 Å². The van der Waals surface area contributed by atoms with Gasteiger partial charge in [0.1, 0.15) is 0 Å². The Morgan fingerprint density at radius 2 is 1.67 bits per heavy atom. The van der Waals surface area contributed by atoms with Crippen LogP contribution >= 0.6 is 0 Å². The molecule has 0 aromatic heterocycles. The maximum Gasteiger partial charge on any atom is -0.0323 e. The molecular formula is C12H24. The van der Waals surface area contributed by atoms with Gasteiger partial charge in [0.25, 0.3) is 0 Å². The lowest BCUT2D eigenvalue weighted by Gasteiger charge is -2.02. The summed E-state index contributed by atoms with van der Waals surface area (Å²) in [5.41, 5.74) is 0.713. The molecule has 0 aromatic carbocycles. The Kier molecular flexibility index (Phi) is 3.61. The smallest absolute Gasteiger partial charge is 0.0323 e. The van der Waals surface area contributed by atoms with Crippen LogP contribution in [0.15, 0.2) is 0 Å². The first-order valence-corrected chi connectivity index (χ1v) is 5.67. The fraction of sp³-hybridized carbons (Fsp3) is 1.00. The number of unbranched alkanes of at least 4 members (excludes halogenated alkanes) is 4. The quantitative estimate of drug-likeness (QED) is 0.516. The van der Waals surface area contributed by atoms with Crippen LogP contribution in [0.2, 0.25) is 0 Å². The van der Waals surface area contributed by atoms with Gasteiger partial charge in [-0.15, -0.1) is 0 Å². The largest absolute Gasteiger partial charge is 0.0654 e. The highest BCUT2D eigenvalue weighted by atomic mass is 14.5. The van der Waals surface area contributed by atoms with E-state index in [9.17, 15) is 0 Å². The molecule has 0 saturated heterocycles. The zero-order valence-electron chi connectivity index (χ0n) is 9.03. The van der Waals surface area contributed by atoms with Crippen LogP contribution in [0.3, 0.4) is 0 Å². The molecule has 0 amide bonds. The summed E-state index contributed by atoms with van der Waals surface area (Å²) in [6.07, 6.45) is 10.2. The van der Waals surface area contributed by atoms with Gasteiger partial charge in [0.05, 0.1) is 0 Å². The van der Waals surface area contributed by atoms with Crippen LogP contribution in [0.4, 0.5) is 0 Å². The van der Waals surface area contributed by atoms with Gasteiger partial charge in [-0.2, -0.15) is 0 Å². The van der Waals surface area contributed by atoms with Crippen molar-refractivity contribution in [2.24, 2.45) is 11.3 Å². The fourth-order valence-electron chi connectivity index (χ4n) is 2.06. The third kappa shape index (κ3) is 3.16. The maximum atomic E-state index is 2.41. The van der Waals surface area contributed by atoms with Gasteiger partial charge in [-0.25, -0.2) is 0 Å². The Morgan fingerprint density at radius 3 is 2.17 bits per heavy atom. The molecule has 0 aliphatic heterocycles. The van der Waals surface area contributed by atoms with Crippen LogP contribution in [-0.4, -0.2) is 0 Å². The Hall–Kier alpha value is 0. The Labute approximate surface area is 77.7 Å². The number of rotatable bonds is 6. The first kappa shape index (κ1) is 10.1. The zero-order chi connectivity index (χ0) is 9.03. The lowest BCUT2D eigenvalue weighted by atomic mass is 10.0. The lowest BCUT2D eigenvalue weighted by molar-refractivity contribution is 0.499. The standard InChI is InChI=1S/C12H24/c1-4-5-6-7-8-9-11-10-12(11,2)3/h11H,4-10H2,1-3H3. The summed E-state index contributed by atoms with van der Waals surface area (Å²) in [5, 5.41) is 0. The zero-order valence-corrected chi connectivity index (χ0v) is 9.03. The van der Waals surface area contributed by atoms with Crippen LogP contribution < -0.4 is 0 Å². The summed E-state index contributed by atoms with van der Waals surface area (Å²) in [5.74, 6) is 1.07. The highest BCUT2D eigenvalue weighted by molar-refractivity contribution is 4.94. The molecule has 1 atom stereocenters. The summed E-state index contributed by atoms with van der Waals surface area (Å²) in [6.45, 7) is 7.09. The maximum absolute atomic E-state index is 2.41. The van der Waals surface area contributed by atoms with Crippen molar-refractivity contribution in [2.45, 2.75) is 65.7 Å². The van der Waals surface area contributed by atoms with E-state index in [1.165, 1.54) is 44.9 Å². The highest BCUT2D eigenvalue weighted by Gasteiger charge is 2.44. The van der Waals surface area contributed by atoms with Crippen LogP contribution in [-0.2, 0) is 0 Å². The average molecular weight is 168 g/mol. The van der Waals surface area contributed by atoms with Gasteiger partial charge in [0.2, 0.25) is 0 Å². The SMILES string of the molecule is CCCCCCCC1CC1(C)C. The third-order valence-corrected chi connectivity index (χ3v) is 3.37. The van der Waals surface area contributed by atoms with Crippen molar-refractivity contribution >= 4 is 0 Å². The predicted molar refractivity (Wildman–Crippen MR) is 55.3 cm³/mol. The summed E-state index contributed by atoms with van der Waals surface area (Å²) in [4.78, 5) is 0. The molecular weight excluding hydrogens is 144 g/mol. The first-order valence-electron chi connectivity index (χ1n) is 5.67.